The number of nitrogens with zero attached hydrogens (tertiary/aromatic N) is 2. The molecule has 0 fully saturated rings. The molecule has 24 heavy (non-hydrogen) atoms. The molecule has 0 bridgehead atoms. The van der Waals surface area contributed by atoms with E-state index in [9.17, 15) is 10.1 Å². The van der Waals surface area contributed by atoms with Crippen LogP contribution in [0.5, 0.6) is 5.75 Å². The van der Waals surface area contributed by atoms with Crippen molar-refractivity contribution < 1.29 is 9.66 Å². The van der Waals surface area contributed by atoms with Crippen LogP contribution in [0.25, 0.3) is 6.08 Å². The Labute approximate surface area is 143 Å². The van der Waals surface area contributed by atoms with E-state index in [0.717, 1.165) is 11.1 Å². The van der Waals surface area contributed by atoms with Gasteiger partial charge in [0.05, 0.1) is 10.5 Å². The van der Waals surface area contributed by atoms with Crippen molar-refractivity contribution in [3.05, 3.63) is 75.3 Å². The highest BCUT2D eigenvalue weighted by Gasteiger charge is 2.04. The number of nitrogens with two attached hydrogens (primary N) is 1. The topological polar surface area (TPSA) is 102 Å². The van der Waals surface area contributed by atoms with Crippen LogP contribution in [0.1, 0.15) is 11.1 Å². The standard InChI is InChI=1S/C17H13N3O3S/c18-10-14(17(19)24)9-12-3-7-16(8-4-12)23-11-13-1-5-15(6-2-13)20(21)22/h1-9H,11H2,(H2,19,24)/b14-9+. The quantitative estimate of drug-likeness (QED) is 0.285. The summed E-state index contributed by atoms with van der Waals surface area (Å²) >= 11 is 4.78. The molecule has 6 nitrogen and oxygen atoms in total. The number of benzene rings is 2. The van der Waals surface area contributed by atoms with Crippen molar-refractivity contribution in [2.45, 2.75) is 6.61 Å². The maximum atomic E-state index is 10.6. The van der Waals surface area contributed by atoms with E-state index in [0.29, 0.717) is 12.4 Å². The fourth-order valence-corrected chi connectivity index (χ4v) is 1.97. The summed E-state index contributed by atoms with van der Waals surface area (Å²) in [6.45, 7) is 0.295. The Kier molecular flexibility index (Phi) is 5.60. The maximum Gasteiger partial charge on any atom is 0.269 e. The number of rotatable bonds is 6. The van der Waals surface area contributed by atoms with Gasteiger partial charge in [0.1, 0.15) is 23.4 Å². The van der Waals surface area contributed by atoms with Gasteiger partial charge < -0.3 is 10.5 Å². The smallest absolute Gasteiger partial charge is 0.269 e. The normalized spacial score (nSPS) is 10.7. The minimum atomic E-state index is -0.445. The van der Waals surface area contributed by atoms with E-state index in [4.69, 9.17) is 28.0 Å². The van der Waals surface area contributed by atoms with Crippen molar-refractivity contribution in [1.82, 2.24) is 0 Å². The molecule has 2 rings (SSSR count). The molecule has 0 aliphatic carbocycles. The van der Waals surface area contributed by atoms with Gasteiger partial charge in [0.2, 0.25) is 0 Å². The van der Waals surface area contributed by atoms with Gasteiger partial charge in [0.15, 0.2) is 0 Å². The van der Waals surface area contributed by atoms with Gasteiger partial charge in [-0.3, -0.25) is 10.1 Å². The van der Waals surface area contributed by atoms with Crippen LogP contribution in [0.3, 0.4) is 0 Å². The summed E-state index contributed by atoms with van der Waals surface area (Å²) in [4.78, 5) is 10.2. The lowest BCUT2D eigenvalue weighted by Crippen LogP contribution is -2.09. The molecule has 2 aromatic carbocycles. The summed E-state index contributed by atoms with van der Waals surface area (Å²) < 4.78 is 5.62. The monoisotopic (exact) mass is 339 g/mol. The van der Waals surface area contributed by atoms with E-state index >= 15 is 0 Å². The molecule has 0 amide bonds. The first kappa shape index (κ1) is 17.1. The van der Waals surface area contributed by atoms with Gasteiger partial charge in [0, 0.05) is 12.1 Å². The van der Waals surface area contributed by atoms with Crippen LogP contribution in [-0.2, 0) is 6.61 Å². The summed E-state index contributed by atoms with van der Waals surface area (Å²) in [5.74, 6) is 0.638. The summed E-state index contributed by atoms with van der Waals surface area (Å²) in [7, 11) is 0. The van der Waals surface area contributed by atoms with Crippen LogP contribution in [0.15, 0.2) is 54.1 Å². The van der Waals surface area contributed by atoms with Gasteiger partial charge >= 0.3 is 0 Å². The summed E-state index contributed by atoms with van der Waals surface area (Å²) in [5, 5.41) is 19.5. The number of hydrogen-bond donors (Lipinski definition) is 1. The molecular formula is C17H13N3O3S. The number of hydrogen-bond acceptors (Lipinski definition) is 5. The Morgan fingerprint density at radius 2 is 1.88 bits per heavy atom. The van der Waals surface area contributed by atoms with E-state index in [1.165, 1.54) is 12.1 Å². The van der Waals surface area contributed by atoms with E-state index in [1.807, 2.05) is 6.07 Å². The fraction of sp³-hybridized carbons (Fsp3) is 0.0588. The predicted molar refractivity (Wildman–Crippen MR) is 94.2 cm³/mol. The van der Waals surface area contributed by atoms with E-state index in [2.05, 4.69) is 0 Å². The molecule has 0 saturated carbocycles. The first-order chi connectivity index (χ1) is 11.5. The molecule has 2 N–H and O–H groups in total. The van der Waals surface area contributed by atoms with Gasteiger partial charge in [-0.1, -0.05) is 24.4 Å². The molecule has 0 atom stereocenters. The van der Waals surface area contributed by atoms with Crippen molar-refractivity contribution in [1.29, 1.82) is 5.26 Å². The lowest BCUT2D eigenvalue weighted by atomic mass is 10.1. The Morgan fingerprint density at radius 1 is 1.25 bits per heavy atom. The number of nitro groups is 1. The molecule has 0 heterocycles. The molecule has 0 aromatic heterocycles. The lowest BCUT2D eigenvalue weighted by molar-refractivity contribution is -0.384. The minimum Gasteiger partial charge on any atom is -0.489 e. The van der Waals surface area contributed by atoms with E-state index < -0.39 is 4.92 Å². The second-order valence-electron chi connectivity index (χ2n) is 4.82. The highest BCUT2D eigenvalue weighted by atomic mass is 32.1. The average molecular weight is 339 g/mol. The molecule has 0 radical (unpaired) electrons. The Hall–Kier alpha value is -3.24. The molecule has 0 unspecified atom stereocenters. The maximum absolute atomic E-state index is 10.6. The molecule has 0 saturated heterocycles. The zero-order valence-corrected chi connectivity index (χ0v) is 13.3. The van der Waals surface area contributed by atoms with E-state index in [1.54, 1.807) is 42.5 Å². The molecule has 7 heteroatoms. The first-order valence-corrected chi connectivity index (χ1v) is 7.28. The molecular weight excluding hydrogens is 326 g/mol. The third kappa shape index (κ3) is 4.63. The van der Waals surface area contributed by atoms with Crippen LogP contribution >= 0.6 is 12.2 Å². The number of thiocarbonyl (C=S) groups is 1. The SMILES string of the molecule is N#C/C(=C\c1ccc(OCc2ccc([N+](=O)[O-])cc2)cc1)C(N)=S. The fourth-order valence-electron chi connectivity index (χ4n) is 1.87. The molecule has 0 aliphatic heterocycles. The van der Waals surface area contributed by atoms with Crippen LogP contribution in [0, 0.1) is 21.4 Å². The zero-order chi connectivity index (χ0) is 17.5. The summed E-state index contributed by atoms with van der Waals surface area (Å²) in [6.07, 6.45) is 1.60. The van der Waals surface area contributed by atoms with Gasteiger partial charge in [0.25, 0.3) is 5.69 Å². The van der Waals surface area contributed by atoms with Gasteiger partial charge in [-0.25, -0.2) is 0 Å². The van der Waals surface area contributed by atoms with Crippen LogP contribution in [0.2, 0.25) is 0 Å². The third-order valence-corrected chi connectivity index (χ3v) is 3.35. The summed E-state index contributed by atoms with van der Waals surface area (Å²) in [5.41, 5.74) is 7.33. The van der Waals surface area contributed by atoms with Gasteiger partial charge in [-0.15, -0.1) is 0 Å². The van der Waals surface area contributed by atoms with Gasteiger partial charge in [-0.2, -0.15) is 5.26 Å². The molecule has 0 aliphatic rings. The van der Waals surface area contributed by atoms with Crippen molar-refractivity contribution in [3.63, 3.8) is 0 Å². The number of non-ortho nitro benzene ring substituents is 1. The van der Waals surface area contributed by atoms with E-state index in [-0.39, 0.29) is 16.2 Å². The Balaban J connectivity index is 2.00. The molecule has 120 valence electrons. The van der Waals surface area contributed by atoms with Crippen LogP contribution in [-0.4, -0.2) is 9.91 Å². The minimum absolute atomic E-state index is 0.0426. The highest BCUT2D eigenvalue weighted by Crippen LogP contribution is 2.17. The average Bonchev–Trinajstić information content (AvgIpc) is 2.59. The predicted octanol–water partition coefficient (Wildman–Crippen LogP) is 3.37. The van der Waals surface area contributed by atoms with Gasteiger partial charge in [-0.05, 0) is 41.5 Å². The van der Waals surface area contributed by atoms with Crippen LogP contribution < -0.4 is 10.5 Å². The van der Waals surface area contributed by atoms with Crippen molar-refractivity contribution in [2.24, 2.45) is 5.73 Å². The Morgan fingerprint density at radius 3 is 2.38 bits per heavy atom. The number of nitro benzene ring substituents is 1. The number of ether oxygens (including phenoxy) is 1. The largest absolute Gasteiger partial charge is 0.489 e. The second-order valence-corrected chi connectivity index (χ2v) is 5.26. The van der Waals surface area contributed by atoms with Crippen molar-refractivity contribution in [2.75, 3.05) is 0 Å². The molecule has 0 spiro atoms. The number of nitriles is 1. The van der Waals surface area contributed by atoms with Crippen molar-refractivity contribution in [3.8, 4) is 11.8 Å². The second kappa shape index (κ2) is 7.85. The van der Waals surface area contributed by atoms with Crippen LogP contribution in [0.4, 0.5) is 5.69 Å². The zero-order valence-electron chi connectivity index (χ0n) is 12.5. The Bertz CT molecular complexity index is 822. The highest BCUT2D eigenvalue weighted by molar-refractivity contribution is 7.80. The lowest BCUT2D eigenvalue weighted by Gasteiger charge is -2.06. The summed E-state index contributed by atoms with van der Waals surface area (Å²) in [6, 6.07) is 15.2. The molecule has 2 aromatic rings. The third-order valence-electron chi connectivity index (χ3n) is 3.13. The van der Waals surface area contributed by atoms with Crippen molar-refractivity contribution >= 4 is 29.0 Å². The first-order valence-electron chi connectivity index (χ1n) is 6.87.